The molecule has 0 radical (unpaired) electrons. The maximum Gasteiger partial charge on any atom is 0.387 e. The highest BCUT2D eigenvalue weighted by atomic mass is 19.3. The highest BCUT2D eigenvalue weighted by Gasteiger charge is 2.16. The molecule has 0 saturated heterocycles. The Morgan fingerprint density at radius 2 is 1.88 bits per heavy atom. The minimum absolute atomic E-state index is 0.00862. The van der Waals surface area contributed by atoms with E-state index in [-0.39, 0.29) is 29.6 Å². The molecule has 0 unspecified atom stereocenters. The lowest BCUT2D eigenvalue weighted by Crippen LogP contribution is -2.03. The van der Waals surface area contributed by atoms with Crippen molar-refractivity contribution in [1.29, 1.82) is 0 Å². The lowest BCUT2D eigenvalue weighted by Gasteiger charge is -2.07. The average molecular weight is 346 g/mol. The molecule has 1 aromatic heterocycles. The number of aldehydes is 1. The minimum atomic E-state index is -2.95. The number of aromatic nitrogens is 2. The van der Waals surface area contributed by atoms with Crippen LogP contribution < -0.4 is 9.47 Å². The van der Waals surface area contributed by atoms with Gasteiger partial charge >= 0.3 is 6.61 Å². The quantitative estimate of drug-likeness (QED) is 0.607. The van der Waals surface area contributed by atoms with Crippen molar-refractivity contribution in [2.75, 3.05) is 0 Å². The van der Waals surface area contributed by atoms with Crippen molar-refractivity contribution in [2.24, 2.45) is 0 Å². The summed E-state index contributed by atoms with van der Waals surface area (Å²) in [6.07, 6.45) is 0.729. The fourth-order valence-electron chi connectivity index (χ4n) is 2.06. The van der Waals surface area contributed by atoms with Crippen molar-refractivity contribution in [3.63, 3.8) is 0 Å². The molecule has 8 heteroatoms. The summed E-state index contributed by atoms with van der Waals surface area (Å²) in [7, 11) is 0. The van der Waals surface area contributed by atoms with Gasteiger partial charge in [0.1, 0.15) is 17.8 Å². The van der Waals surface area contributed by atoms with Gasteiger partial charge in [-0.25, -0.2) is 0 Å². The Hall–Kier alpha value is -3.29. The predicted molar refractivity (Wildman–Crippen MR) is 82.5 cm³/mol. The fourth-order valence-corrected chi connectivity index (χ4v) is 2.06. The number of para-hydroxylation sites is 1. The second-order valence-electron chi connectivity index (χ2n) is 4.86. The maximum absolute atomic E-state index is 12.5. The number of nitrogens with zero attached hydrogens (tertiary/aromatic N) is 2. The number of rotatable bonds is 7. The SMILES string of the molecule is O=Cc1ccc(OCc2nc(-c3ccccc3OC(F)F)no2)cc1. The normalized spacial score (nSPS) is 10.7. The van der Waals surface area contributed by atoms with Gasteiger partial charge in [-0.2, -0.15) is 13.8 Å². The summed E-state index contributed by atoms with van der Waals surface area (Å²) in [5.74, 6) is 0.759. The molecule has 3 rings (SSSR count). The Balaban J connectivity index is 1.71. The number of alkyl halides is 2. The van der Waals surface area contributed by atoms with Crippen LogP contribution >= 0.6 is 0 Å². The third kappa shape index (κ3) is 4.17. The van der Waals surface area contributed by atoms with Gasteiger partial charge < -0.3 is 14.0 Å². The van der Waals surface area contributed by atoms with Crippen LogP contribution in [0.1, 0.15) is 16.2 Å². The maximum atomic E-state index is 12.5. The second kappa shape index (κ2) is 7.52. The zero-order valence-corrected chi connectivity index (χ0v) is 12.8. The molecule has 0 N–H and O–H groups in total. The fraction of sp³-hybridized carbons (Fsp3) is 0.118. The van der Waals surface area contributed by atoms with Gasteiger partial charge in [-0.1, -0.05) is 17.3 Å². The molecule has 0 amide bonds. The summed E-state index contributed by atoms with van der Waals surface area (Å²) in [5, 5.41) is 3.76. The molecule has 0 fully saturated rings. The Kier molecular flexibility index (Phi) is 4.98. The molecule has 128 valence electrons. The average Bonchev–Trinajstić information content (AvgIpc) is 3.09. The Bertz CT molecular complexity index is 850. The lowest BCUT2D eigenvalue weighted by atomic mass is 10.2. The van der Waals surface area contributed by atoms with E-state index in [4.69, 9.17) is 9.26 Å². The standard InChI is InChI=1S/C17H12F2N2O4/c18-17(19)24-14-4-2-1-3-13(14)16-20-15(25-21-16)10-23-12-7-5-11(9-22)6-8-12/h1-9,17H,10H2. The first kappa shape index (κ1) is 16.6. The van der Waals surface area contributed by atoms with Gasteiger partial charge in [0.15, 0.2) is 6.61 Å². The zero-order chi connectivity index (χ0) is 17.6. The topological polar surface area (TPSA) is 74.5 Å². The van der Waals surface area contributed by atoms with E-state index in [9.17, 15) is 13.6 Å². The van der Waals surface area contributed by atoms with Crippen molar-refractivity contribution >= 4 is 6.29 Å². The first-order chi connectivity index (χ1) is 12.2. The summed E-state index contributed by atoms with van der Waals surface area (Å²) in [4.78, 5) is 14.7. The van der Waals surface area contributed by atoms with Crippen LogP contribution in [0.4, 0.5) is 8.78 Å². The molecule has 0 aliphatic rings. The van der Waals surface area contributed by atoms with E-state index in [1.165, 1.54) is 6.07 Å². The summed E-state index contributed by atoms with van der Waals surface area (Å²) >= 11 is 0. The predicted octanol–water partition coefficient (Wildman–Crippen LogP) is 3.73. The van der Waals surface area contributed by atoms with Gasteiger partial charge in [0.05, 0.1) is 5.56 Å². The van der Waals surface area contributed by atoms with Gasteiger partial charge in [0, 0.05) is 5.56 Å². The van der Waals surface area contributed by atoms with Crippen LogP contribution in [0.25, 0.3) is 11.4 Å². The van der Waals surface area contributed by atoms with Gasteiger partial charge in [-0.05, 0) is 36.4 Å². The Morgan fingerprint density at radius 3 is 2.60 bits per heavy atom. The number of carbonyl (C=O) groups is 1. The third-order valence-electron chi connectivity index (χ3n) is 3.19. The van der Waals surface area contributed by atoms with Gasteiger partial charge in [0.2, 0.25) is 5.82 Å². The van der Waals surface area contributed by atoms with Gasteiger partial charge in [-0.3, -0.25) is 4.79 Å². The van der Waals surface area contributed by atoms with Crippen LogP contribution in [0, 0.1) is 0 Å². The first-order valence-corrected chi connectivity index (χ1v) is 7.20. The molecule has 0 aliphatic carbocycles. The van der Waals surface area contributed by atoms with Crippen LogP contribution in [0.3, 0.4) is 0 Å². The van der Waals surface area contributed by atoms with Gasteiger partial charge in [-0.15, -0.1) is 0 Å². The molecule has 0 spiro atoms. The summed E-state index contributed by atoms with van der Waals surface area (Å²) in [5.41, 5.74) is 0.816. The van der Waals surface area contributed by atoms with Gasteiger partial charge in [0.25, 0.3) is 5.89 Å². The molecule has 1 heterocycles. The molecule has 3 aromatic rings. The van der Waals surface area contributed by atoms with Crippen molar-refractivity contribution in [1.82, 2.24) is 10.1 Å². The van der Waals surface area contributed by atoms with Crippen molar-refractivity contribution < 1.29 is 27.6 Å². The Labute approximate surface area is 141 Å². The number of ether oxygens (including phenoxy) is 2. The number of halogens is 2. The van der Waals surface area contributed by atoms with Crippen LogP contribution in [0.15, 0.2) is 53.1 Å². The van der Waals surface area contributed by atoms with Crippen molar-refractivity contribution in [2.45, 2.75) is 13.2 Å². The molecular formula is C17H12F2N2O4. The smallest absolute Gasteiger partial charge is 0.387 e. The number of benzene rings is 2. The van der Waals surface area contributed by atoms with Crippen molar-refractivity contribution in [3.05, 3.63) is 60.0 Å². The van der Waals surface area contributed by atoms with E-state index >= 15 is 0 Å². The minimum Gasteiger partial charge on any atom is -0.484 e. The highest BCUT2D eigenvalue weighted by Crippen LogP contribution is 2.29. The summed E-state index contributed by atoms with van der Waals surface area (Å²) < 4.78 is 39.9. The van der Waals surface area contributed by atoms with Crippen molar-refractivity contribution in [3.8, 4) is 22.9 Å². The molecule has 25 heavy (non-hydrogen) atoms. The number of hydrogen-bond acceptors (Lipinski definition) is 6. The first-order valence-electron chi connectivity index (χ1n) is 7.20. The molecule has 0 aliphatic heterocycles. The highest BCUT2D eigenvalue weighted by molar-refractivity contribution is 5.74. The number of carbonyl (C=O) groups excluding carboxylic acids is 1. The third-order valence-corrected chi connectivity index (χ3v) is 3.19. The molecular weight excluding hydrogens is 334 g/mol. The summed E-state index contributed by atoms with van der Waals surface area (Å²) in [6.45, 7) is -2.96. The monoisotopic (exact) mass is 346 g/mol. The largest absolute Gasteiger partial charge is 0.484 e. The zero-order valence-electron chi connectivity index (χ0n) is 12.8. The van der Waals surface area contributed by atoms with Crippen LogP contribution in [-0.4, -0.2) is 23.0 Å². The Morgan fingerprint density at radius 1 is 1.12 bits per heavy atom. The van der Waals surface area contributed by atoms with E-state index in [1.807, 2.05) is 0 Å². The van der Waals surface area contributed by atoms with Crippen LogP contribution in [0.2, 0.25) is 0 Å². The molecule has 0 bridgehead atoms. The van der Waals surface area contributed by atoms with E-state index in [2.05, 4.69) is 14.9 Å². The molecule has 2 aromatic carbocycles. The molecule has 0 saturated carbocycles. The van der Waals surface area contributed by atoms with E-state index in [1.54, 1.807) is 42.5 Å². The van der Waals surface area contributed by atoms with E-state index in [0.717, 1.165) is 6.29 Å². The second-order valence-corrected chi connectivity index (χ2v) is 4.86. The van der Waals surface area contributed by atoms with E-state index in [0.29, 0.717) is 11.3 Å². The number of hydrogen-bond donors (Lipinski definition) is 0. The lowest BCUT2D eigenvalue weighted by molar-refractivity contribution is -0.0494. The molecule has 0 atom stereocenters. The van der Waals surface area contributed by atoms with Crippen LogP contribution in [-0.2, 0) is 6.61 Å². The molecule has 6 nitrogen and oxygen atoms in total. The summed E-state index contributed by atoms with van der Waals surface area (Å²) in [6, 6.07) is 12.6. The van der Waals surface area contributed by atoms with Crippen LogP contribution in [0.5, 0.6) is 11.5 Å². The van der Waals surface area contributed by atoms with E-state index < -0.39 is 6.61 Å².